The number of rotatable bonds is 4. The van der Waals surface area contributed by atoms with Gasteiger partial charge in [-0.15, -0.1) is 11.3 Å². The minimum atomic E-state index is -0.532. The Hall–Kier alpha value is -2.78. The van der Waals surface area contributed by atoms with Crippen molar-refractivity contribution in [2.45, 2.75) is 25.2 Å². The Balaban J connectivity index is 1.59. The van der Waals surface area contributed by atoms with Crippen LogP contribution in [0, 0.1) is 6.92 Å². The highest BCUT2D eigenvalue weighted by atomic mass is 35.5. The van der Waals surface area contributed by atoms with Crippen molar-refractivity contribution in [2.75, 3.05) is 13.2 Å². The summed E-state index contributed by atoms with van der Waals surface area (Å²) in [5.41, 5.74) is 6.37. The standard InChI is InChI=1S/C23H21ClN4O3S/c1-14-20(28-12-17(24)6-7-19(28)25-14)18-13-32-22(26-18)23(8-10-31-11-9-23)16-4-2-15(3-5-16)21(29)27-30/h2-7,12-13,30H,8-11H2,1H3,(H,27,29). The number of ether oxygens (including phenoxy) is 1. The number of thiazole rings is 1. The molecule has 0 aliphatic carbocycles. The van der Waals surface area contributed by atoms with Crippen LogP contribution in [-0.4, -0.2) is 38.7 Å². The van der Waals surface area contributed by atoms with Gasteiger partial charge in [-0.05, 0) is 49.6 Å². The summed E-state index contributed by atoms with van der Waals surface area (Å²) in [6.45, 7) is 3.25. The van der Waals surface area contributed by atoms with Gasteiger partial charge in [-0.3, -0.25) is 14.4 Å². The number of carbonyl (C=O) groups is 1. The number of carbonyl (C=O) groups excluding carboxylic acids is 1. The molecule has 164 valence electrons. The van der Waals surface area contributed by atoms with E-state index in [2.05, 4.69) is 10.4 Å². The molecule has 0 spiro atoms. The number of amides is 1. The lowest BCUT2D eigenvalue weighted by atomic mass is 9.74. The maximum absolute atomic E-state index is 11.7. The van der Waals surface area contributed by atoms with Crippen molar-refractivity contribution < 1.29 is 14.7 Å². The number of halogens is 1. The first-order valence-electron chi connectivity index (χ1n) is 10.3. The smallest absolute Gasteiger partial charge is 0.274 e. The zero-order chi connectivity index (χ0) is 22.3. The lowest BCUT2D eigenvalue weighted by molar-refractivity contribution is 0.0629. The van der Waals surface area contributed by atoms with Gasteiger partial charge in [0.15, 0.2) is 0 Å². The van der Waals surface area contributed by atoms with Crippen LogP contribution in [0.1, 0.15) is 39.5 Å². The molecule has 9 heteroatoms. The molecular formula is C23H21ClN4O3S. The van der Waals surface area contributed by atoms with Crippen molar-refractivity contribution in [1.82, 2.24) is 19.8 Å². The van der Waals surface area contributed by atoms with Gasteiger partial charge in [0.2, 0.25) is 0 Å². The van der Waals surface area contributed by atoms with Crippen LogP contribution in [0.15, 0.2) is 48.0 Å². The summed E-state index contributed by atoms with van der Waals surface area (Å²) in [4.78, 5) is 21.5. The van der Waals surface area contributed by atoms with Crippen molar-refractivity contribution in [3.63, 3.8) is 0 Å². The quantitative estimate of drug-likeness (QED) is 0.336. The molecule has 2 N–H and O–H groups in total. The third kappa shape index (κ3) is 3.49. The molecule has 0 atom stereocenters. The van der Waals surface area contributed by atoms with Gasteiger partial charge in [-0.1, -0.05) is 23.7 Å². The first kappa shape index (κ1) is 21.1. The number of benzene rings is 1. The molecule has 4 heterocycles. The molecule has 3 aromatic heterocycles. The predicted molar refractivity (Wildman–Crippen MR) is 123 cm³/mol. The van der Waals surface area contributed by atoms with Gasteiger partial charge in [0, 0.05) is 30.4 Å². The summed E-state index contributed by atoms with van der Waals surface area (Å²) >= 11 is 7.86. The van der Waals surface area contributed by atoms with Crippen molar-refractivity contribution in [3.05, 3.63) is 74.8 Å². The molecule has 0 radical (unpaired) electrons. The van der Waals surface area contributed by atoms with E-state index < -0.39 is 5.91 Å². The van der Waals surface area contributed by atoms with Crippen LogP contribution in [0.2, 0.25) is 5.02 Å². The number of pyridine rings is 1. The van der Waals surface area contributed by atoms with Crippen molar-refractivity contribution in [3.8, 4) is 11.4 Å². The Kier molecular flexibility index (Phi) is 5.46. The Bertz CT molecular complexity index is 1290. The molecule has 0 bridgehead atoms. The monoisotopic (exact) mass is 468 g/mol. The van der Waals surface area contributed by atoms with Crippen LogP contribution in [0.25, 0.3) is 17.0 Å². The highest BCUT2D eigenvalue weighted by Gasteiger charge is 2.39. The van der Waals surface area contributed by atoms with Gasteiger partial charge >= 0.3 is 0 Å². The van der Waals surface area contributed by atoms with Crippen LogP contribution in [0.3, 0.4) is 0 Å². The van der Waals surface area contributed by atoms with Crippen molar-refractivity contribution in [1.29, 1.82) is 0 Å². The topological polar surface area (TPSA) is 88.8 Å². The molecule has 32 heavy (non-hydrogen) atoms. The summed E-state index contributed by atoms with van der Waals surface area (Å²) in [6.07, 6.45) is 3.45. The summed E-state index contributed by atoms with van der Waals surface area (Å²) in [7, 11) is 0. The number of hydroxylamine groups is 1. The van der Waals surface area contributed by atoms with Gasteiger partial charge in [-0.25, -0.2) is 15.4 Å². The molecule has 1 aromatic carbocycles. The Morgan fingerprint density at radius 3 is 2.66 bits per heavy atom. The van der Waals surface area contributed by atoms with E-state index in [-0.39, 0.29) is 5.41 Å². The van der Waals surface area contributed by atoms with Crippen LogP contribution < -0.4 is 5.48 Å². The summed E-state index contributed by atoms with van der Waals surface area (Å²) < 4.78 is 7.65. The number of fused-ring (bicyclic) bond motifs is 1. The summed E-state index contributed by atoms with van der Waals surface area (Å²) in [5.74, 6) is -0.532. The van der Waals surface area contributed by atoms with Gasteiger partial charge in [-0.2, -0.15) is 0 Å². The molecule has 5 rings (SSSR count). The third-order valence-electron chi connectivity index (χ3n) is 6.06. The van der Waals surface area contributed by atoms with Crippen LogP contribution in [-0.2, 0) is 10.2 Å². The number of hydrogen-bond donors (Lipinski definition) is 2. The Morgan fingerprint density at radius 1 is 1.19 bits per heavy atom. The first-order valence-corrected chi connectivity index (χ1v) is 11.5. The van der Waals surface area contributed by atoms with E-state index in [0.29, 0.717) is 23.8 Å². The second kappa shape index (κ2) is 8.29. The van der Waals surface area contributed by atoms with Crippen LogP contribution in [0.4, 0.5) is 0 Å². The number of aromatic nitrogens is 3. The van der Waals surface area contributed by atoms with Crippen LogP contribution >= 0.6 is 22.9 Å². The zero-order valence-electron chi connectivity index (χ0n) is 17.3. The number of nitrogens with zero attached hydrogens (tertiary/aromatic N) is 3. The third-order valence-corrected chi connectivity index (χ3v) is 7.33. The molecule has 1 aliphatic heterocycles. The van der Waals surface area contributed by atoms with E-state index in [1.54, 1.807) is 28.9 Å². The minimum Gasteiger partial charge on any atom is -0.381 e. The van der Waals surface area contributed by atoms with E-state index in [1.807, 2.05) is 41.8 Å². The molecular weight excluding hydrogens is 448 g/mol. The predicted octanol–water partition coefficient (Wildman–Crippen LogP) is 4.64. The van der Waals surface area contributed by atoms with Gasteiger partial charge < -0.3 is 4.74 Å². The highest BCUT2D eigenvalue weighted by molar-refractivity contribution is 7.10. The molecule has 4 aromatic rings. The average Bonchev–Trinajstić information content (AvgIpc) is 3.43. The number of hydrogen-bond acceptors (Lipinski definition) is 6. The SMILES string of the molecule is Cc1nc2ccc(Cl)cn2c1-c1csc(C2(c3ccc(C(=O)NO)cc3)CCOCC2)n1. The Morgan fingerprint density at radius 2 is 1.94 bits per heavy atom. The molecule has 7 nitrogen and oxygen atoms in total. The van der Waals surface area contributed by atoms with E-state index in [1.165, 1.54) is 0 Å². The maximum atomic E-state index is 11.7. The van der Waals surface area contributed by atoms with Gasteiger partial charge in [0.1, 0.15) is 16.3 Å². The lowest BCUT2D eigenvalue weighted by Crippen LogP contribution is -2.35. The number of nitrogens with one attached hydrogen (secondary N) is 1. The molecule has 1 saturated heterocycles. The van der Waals surface area contributed by atoms with E-state index in [0.717, 1.165) is 46.1 Å². The normalized spacial score (nSPS) is 15.7. The highest BCUT2D eigenvalue weighted by Crippen LogP contribution is 2.44. The second-order valence-electron chi connectivity index (χ2n) is 7.87. The molecule has 1 amide bonds. The average molecular weight is 469 g/mol. The summed E-state index contributed by atoms with van der Waals surface area (Å²) in [6, 6.07) is 11.1. The fourth-order valence-electron chi connectivity index (χ4n) is 4.40. The van der Waals surface area contributed by atoms with Crippen molar-refractivity contribution >= 4 is 34.5 Å². The lowest BCUT2D eigenvalue weighted by Gasteiger charge is -2.36. The van der Waals surface area contributed by atoms with E-state index >= 15 is 0 Å². The fraction of sp³-hybridized carbons (Fsp3) is 0.261. The number of aryl methyl sites for hydroxylation is 1. The maximum Gasteiger partial charge on any atom is 0.274 e. The minimum absolute atomic E-state index is 0.304. The number of imidazole rings is 1. The largest absolute Gasteiger partial charge is 0.381 e. The zero-order valence-corrected chi connectivity index (χ0v) is 18.9. The molecule has 0 saturated carbocycles. The Labute approximate surface area is 193 Å². The van der Waals surface area contributed by atoms with Crippen LogP contribution in [0.5, 0.6) is 0 Å². The van der Waals surface area contributed by atoms with E-state index in [4.69, 9.17) is 26.5 Å². The molecule has 1 fully saturated rings. The first-order chi connectivity index (χ1) is 15.5. The summed E-state index contributed by atoms with van der Waals surface area (Å²) in [5, 5.41) is 12.6. The second-order valence-corrected chi connectivity index (χ2v) is 9.17. The van der Waals surface area contributed by atoms with Crippen molar-refractivity contribution in [2.24, 2.45) is 0 Å². The van der Waals surface area contributed by atoms with Gasteiger partial charge in [0.05, 0.1) is 21.8 Å². The van der Waals surface area contributed by atoms with Gasteiger partial charge in [0.25, 0.3) is 5.91 Å². The fourth-order valence-corrected chi connectivity index (χ4v) is 5.65. The van der Waals surface area contributed by atoms with E-state index in [9.17, 15) is 4.79 Å². The molecule has 0 unspecified atom stereocenters. The molecule has 1 aliphatic rings.